The minimum Gasteiger partial charge on any atom is -0.291 e. The van der Waals surface area contributed by atoms with Gasteiger partial charge >= 0.3 is 0 Å². The number of hydrogen-bond acceptors (Lipinski definition) is 3. The lowest BCUT2D eigenvalue weighted by Crippen LogP contribution is -2.41. The van der Waals surface area contributed by atoms with Gasteiger partial charge in [-0.1, -0.05) is 41.4 Å². The molecule has 0 bridgehead atoms. The summed E-state index contributed by atoms with van der Waals surface area (Å²) in [6.07, 6.45) is 0.171. The van der Waals surface area contributed by atoms with Crippen molar-refractivity contribution in [2.75, 3.05) is 5.75 Å². The van der Waals surface area contributed by atoms with Gasteiger partial charge in [-0.25, -0.2) is 8.42 Å². The van der Waals surface area contributed by atoms with E-state index in [-0.39, 0.29) is 12.2 Å². The van der Waals surface area contributed by atoms with Crippen molar-refractivity contribution in [1.29, 1.82) is 0 Å². The van der Waals surface area contributed by atoms with E-state index in [0.29, 0.717) is 10.6 Å². The van der Waals surface area contributed by atoms with Gasteiger partial charge in [0.05, 0.1) is 0 Å². The monoisotopic (exact) mass is 352 g/mol. The van der Waals surface area contributed by atoms with Crippen LogP contribution in [0.1, 0.15) is 30.6 Å². The van der Waals surface area contributed by atoms with Gasteiger partial charge in [-0.3, -0.25) is 4.79 Å². The summed E-state index contributed by atoms with van der Waals surface area (Å²) >= 11 is 8.86. The summed E-state index contributed by atoms with van der Waals surface area (Å²) in [5, 5.41) is 0.501. The average Bonchev–Trinajstić information content (AvgIpc) is 2.37. The van der Waals surface area contributed by atoms with Gasteiger partial charge < -0.3 is 0 Å². The summed E-state index contributed by atoms with van der Waals surface area (Å²) in [5.74, 6) is -0.547. The van der Waals surface area contributed by atoms with Crippen LogP contribution in [-0.2, 0) is 9.84 Å². The molecule has 0 aliphatic carbocycles. The van der Waals surface area contributed by atoms with Gasteiger partial charge in [0.2, 0.25) is 0 Å². The van der Waals surface area contributed by atoms with Gasteiger partial charge in [-0.15, -0.1) is 0 Å². The highest BCUT2D eigenvalue weighted by atomic mass is 79.9. The normalized spacial score (nSPS) is 15.1. The minimum atomic E-state index is -3.53. The smallest absolute Gasteiger partial charge is 0.194 e. The fraction of sp³-hybridized carbons (Fsp3) is 0.417. The molecule has 0 aromatic heterocycles. The molecule has 0 fully saturated rings. The number of halogens is 2. The van der Waals surface area contributed by atoms with Crippen molar-refractivity contribution in [1.82, 2.24) is 0 Å². The average molecular weight is 354 g/mol. The third-order valence-electron chi connectivity index (χ3n) is 2.77. The Balaban J connectivity index is 3.26. The second kappa shape index (κ2) is 5.72. The third kappa shape index (κ3) is 2.78. The molecule has 0 aliphatic heterocycles. The Labute approximate surface area is 121 Å². The summed E-state index contributed by atoms with van der Waals surface area (Å²) in [5.41, 5.74) is 0.329. The number of rotatable bonds is 5. The second-order valence-electron chi connectivity index (χ2n) is 3.82. The van der Waals surface area contributed by atoms with Crippen LogP contribution in [0.3, 0.4) is 0 Å². The predicted molar refractivity (Wildman–Crippen MR) is 77.2 cm³/mol. The number of carbonyl (C=O) groups excluding carboxylic acids is 1. The van der Waals surface area contributed by atoms with Crippen molar-refractivity contribution in [3.8, 4) is 0 Å². The second-order valence-corrected chi connectivity index (χ2v) is 8.64. The zero-order valence-corrected chi connectivity index (χ0v) is 13.3. The summed E-state index contributed by atoms with van der Waals surface area (Å²) < 4.78 is 22.5. The van der Waals surface area contributed by atoms with E-state index in [9.17, 15) is 13.2 Å². The number of sulfone groups is 1. The standard InChI is InChI=1S/C12H14BrClO3S/c1-3-12(13,18(16,17)4-2)11(15)9-5-7-10(14)8-6-9/h5-8H,3-4H2,1-2H3/t12-/m1/s1. The van der Waals surface area contributed by atoms with Crippen molar-refractivity contribution in [3.05, 3.63) is 34.9 Å². The van der Waals surface area contributed by atoms with Gasteiger partial charge in [0.25, 0.3) is 0 Å². The Kier molecular flexibility index (Phi) is 4.98. The first-order valence-electron chi connectivity index (χ1n) is 5.50. The van der Waals surface area contributed by atoms with Gasteiger partial charge in [0, 0.05) is 16.3 Å². The topological polar surface area (TPSA) is 51.2 Å². The van der Waals surface area contributed by atoms with Crippen LogP contribution in [0.15, 0.2) is 24.3 Å². The fourth-order valence-corrected chi connectivity index (χ4v) is 3.91. The van der Waals surface area contributed by atoms with E-state index in [1.807, 2.05) is 0 Å². The van der Waals surface area contributed by atoms with Crippen LogP contribution in [0.25, 0.3) is 0 Å². The summed E-state index contributed by atoms with van der Waals surface area (Å²) in [4.78, 5) is 12.3. The van der Waals surface area contributed by atoms with Crippen LogP contribution in [0.5, 0.6) is 0 Å². The molecule has 0 heterocycles. The Morgan fingerprint density at radius 1 is 1.28 bits per heavy atom. The lowest BCUT2D eigenvalue weighted by Gasteiger charge is -2.24. The van der Waals surface area contributed by atoms with Gasteiger partial charge in [0.1, 0.15) is 0 Å². The molecule has 1 rings (SSSR count). The molecule has 0 amide bonds. The van der Waals surface area contributed by atoms with Crippen molar-refractivity contribution >= 4 is 43.2 Å². The van der Waals surface area contributed by atoms with Crippen LogP contribution < -0.4 is 0 Å². The molecule has 0 unspecified atom stereocenters. The first kappa shape index (κ1) is 15.7. The van der Waals surface area contributed by atoms with E-state index in [2.05, 4.69) is 15.9 Å². The number of hydrogen-bond donors (Lipinski definition) is 0. The fourth-order valence-electron chi connectivity index (χ4n) is 1.57. The molecule has 0 N–H and O–H groups in total. The number of alkyl halides is 1. The van der Waals surface area contributed by atoms with Crippen LogP contribution >= 0.6 is 27.5 Å². The van der Waals surface area contributed by atoms with Crippen molar-refractivity contribution < 1.29 is 13.2 Å². The highest BCUT2D eigenvalue weighted by Gasteiger charge is 2.45. The quantitative estimate of drug-likeness (QED) is 0.602. The maximum Gasteiger partial charge on any atom is 0.194 e. The predicted octanol–water partition coefficient (Wildman–Crippen LogP) is 3.46. The molecule has 6 heteroatoms. The zero-order chi connectivity index (χ0) is 14.0. The summed E-state index contributed by atoms with van der Waals surface area (Å²) in [6, 6.07) is 6.19. The van der Waals surface area contributed by atoms with E-state index in [1.54, 1.807) is 19.1 Å². The molecular weight excluding hydrogens is 340 g/mol. The zero-order valence-electron chi connectivity index (χ0n) is 10.1. The first-order valence-corrected chi connectivity index (χ1v) is 8.32. The van der Waals surface area contributed by atoms with E-state index >= 15 is 0 Å². The number of Topliss-reactive ketones (excluding diaryl/α,β-unsaturated/α-hetero) is 1. The van der Waals surface area contributed by atoms with Crippen molar-refractivity contribution in [2.45, 2.75) is 23.9 Å². The van der Waals surface area contributed by atoms with Crippen LogP contribution in [0.4, 0.5) is 0 Å². The summed E-state index contributed by atoms with van der Waals surface area (Å²) in [6.45, 7) is 3.19. The third-order valence-corrected chi connectivity index (χ3v) is 7.65. The molecule has 1 aromatic rings. The van der Waals surface area contributed by atoms with E-state index < -0.39 is 19.3 Å². The lowest BCUT2D eigenvalue weighted by molar-refractivity contribution is 0.0976. The molecule has 0 aliphatic rings. The van der Waals surface area contributed by atoms with Crippen LogP contribution in [-0.4, -0.2) is 23.6 Å². The number of carbonyl (C=O) groups is 1. The molecule has 100 valence electrons. The highest BCUT2D eigenvalue weighted by molar-refractivity contribution is 9.12. The first-order chi connectivity index (χ1) is 8.28. The maximum atomic E-state index is 12.3. The molecule has 1 aromatic carbocycles. The molecule has 0 spiro atoms. The minimum absolute atomic E-state index is 0.0918. The molecule has 0 saturated carbocycles. The summed E-state index contributed by atoms with van der Waals surface area (Å²) in [7, 11) is -3.53. The van der Waals surface area contributed by atoms with Crippen molar-refractivity contribution in [2.24, 2.45) is 0 Å². The molecule has 3 nitrogen and oxygen atoms in total. The van der Waals surface area contributed by atoms with Gasteiger partial charge in [-0.2, -0.15) is 0 Å². The number of benzene rings is 1. The Hall–Kier alpha value is -0.390. The molecule has 1 atom stereocenters. The largest absolute Gasteiger partial charge is 0.291 e. The van der Waals surface area contributed by atoms with Gasteiger partial charge in [-0.05, 0) is 30.7 Å². The van der Waals surface area contributed by atoms with E-state index in [4.69, 9.17) is 11.6 Å². The number of ketones is 1. The molecule has 18 heavy (non-hydrogen) atoms. The molecule has 0 saturated heterocycles. The Bertz CT molecular complexity index is 539. The highest BCUT2D eigenvalue weighted by Crippen LogP contribution is 2.34. The van der Waals surface area contributed by atoms with Crippen molar-refractivity contribution in [3.63, 3.8) is 0 Å². The van der Waals surface area contributed by atoms with E-state index in [0.717, 1.165) is 0 Å². The Morgan fingerprint density at radius 2 is 1.78 bits per heavy atom. The SMILES string of the molecule is CC[C@](Br)(C(=O)c1ccc(Cl)cc1)S(=O)(=O)CC. The Morgan fingerprint density at radius 3 is 2.17 bits per heavy atom. The molecular formula is C12H14BrClO3S. The maximum absolute atomic E-state index is 12.3. The van der Waals surface area contributed by atoms with E-state index in [1.165, 1.54) is 19.1 Å². The molecule has 0 radical (unpaired) electrons. The van der Waals surface area contributed by atoms with Gasteiger partial charge in [0.15, 0.2) is 19.3 Å². The van der Waals surface area contributed by atoms with Crippen LogP contribution in [0, 0.1) is 0 Å². The van der Waals surface area contributed by atoms with Crippen LogP contribution in [0.2, 0.25) is 5.02 Å². The lowest BCUT2D eigenvalue weighted by atomic mass is 10.1.